The first-order chi connectivity index (χ1) is 7.29. The van der Waals surface area contributed by atoms with Gasteiger partial charge in [0.15, 0.2) is 0 Å². The summed E-state index contributed by atoms with van der Waals surface area (Å²) in [7, 11) is 0. The number of nitrogens with zero attached hydrogens (tertiary/aromatic N) is 2. The van der Waals surface area contributed by atoms with Gasteiger partial charge in [0.2, 0.25) is 5.82 Å². The molecule has 5 heteroatoms. The van der Waals surface area contributed by atoms with Gasteiger partial charge in [-0.15, -0.1) is 5.10 Å². The summed E-state index contributed by atoms with van der Waals surface area (Å²) >= 11 is 0. The summed E-state index contributed by atoms with van der Waals surface area (Å²) in [6, 6.07) is 0.320. The number of carbonyl (C=O) groups excluding carboxylic acids is 1. The Morgan fingerprint density at radius 1 is 1.53 bits per heavy atom. The van der Waals surface area contributed by atoms with Crippen LogP contribution in [0.2, 0.25) is 0 Å². The number of aromatic amines is 1. The Hall–Kier alpha value is -1.39. The molecule has 1 saturated carbocycles. The first-order valence-electron chi connectivity index (χ1n) is 5.51. The van der Waals surface area contributed by atoms with Gasteiger partial charge in [0.25, 0.3) is 5.91 Å². The van der Waals surface area contributed by atoms with Gasteiger partial charge in [0.1, 0.15) is 5.82 Å². The molecule has 0 aromatic carbocycles. The van der Waals surface area contributed by atoms with Crippen molar-refractivity contribution < 1.29 is 4.79 Å². The fraction of sp³-hybridized carbons (Fsp3) is 0.700. The van der Waals surface area contributed by atoms with Crippen LogP contribution in [0, 0.1) is 0 Å². The molecule has 2 N–H and O–H groups in total. The van der Waals surface area contributed by atoms with Crippen LogP contribution in [-0.2, 0) is 6.42 Å². The number of H-pyrrole nitrogens is 1. The second-order valence-electron chi connectivity index (χ2n) is 3.91. The van der Waals surface area contributed by atoms with E-state index in [4.69, 9.17) is 0 Å². The molecule has 0 unspecified atom stereocenters. The lowest BCUT2D eigenvalue weighted by atomic mass is 10.2. The van der Waals surface area contributed by atoms with Crippen LogP contribution in [0.5, 0.6) is 0 Å². The third-order valence-corrected chi connectivity index (χ3v) is 2.76. The van der Waals surface area contributed by atoms with E-state index in [0.29, 0.717) is 6.04 Å². The molecule has 82 valence electrons. The fourth-order valence-electron chi connectivity index (χ4n) is 1.88. The van der Waals surface area contributed by atoms with E-state index in [9.17, 15) is 4.79 Å². The largest absolute Gasteiger partial charge is 0.347 e. The van der Waals surface area contributed by atoms with Crippen molar-refractivity contribution in [2.24, 2.45) is 0 Å². The molecule has 1 amide bonds. The molecule has 15 heavy (non-hydrogen) atoms. The number of aromatic nitrogens is 3. The second-order valence-corrected chi connectivity index (χ2v) is 3.91. The van der Waals surface area contributed by atoms with E-state index in [1.807, 2.05) is 6.92 Å². The smallest absolute Gasteiger partial charge is 0.291 e. The number of carbonyl (C=O) groups is 1. The number of aryl methyl sites for hydroxylation is 1. The van der Waals surface area contributed by atoms with Gasteiger partial charge in [-0.05, 0) is 12.8 Å². The Morgan fingerprint density at radius 3 is 2.87 bits per heavy atom. The molecular weight excluding hydrogens is 192 g/mol. The Kier molecular flexibility index (Phi) is 2.99. The van der Waals surface area contributed by atoms with E-state index in [2.05, 4.69) is 20.5 Å². The molecular formula is C10H16N4O. The zero-order chi connectivity index (χ0) is 10.7. The predicted octanol–water partition coefficient (Wildman–Crippen LogP) is 1.04. The van der Waals surface area contributed by atoms with E-state index in [1.54, 1.807) is 0 Å². The highest BCUT2D eigenvalue weighted by Gasteiger charge is 2.20. The zero-order valence-corrected chi connectivity index (χ0v) is 8.92. The summed E-state index contributed by atoms with van der Waals surface area (Å²) in [5.74, 6) is 0.864. The summed E-state index contributed by atoms with van der Waals surface area (Å²) in [5, 5.41) is 9.57. The van der Waals surface area contributed by atoms with Gasteiger partial charge in [-0.3, -0.25) is 9.89 Å². The molecule has 1 aromatic rings. The zero-order valence-electron chi connectivity index (χ0n) is 8.92. The monoisotopic (exact) mass is 208 g/mol. The van der Waals surface area contributed by atoms with Crippen molar-refractivity contribution >= 4 is 5.91 Å². The fourth-order valence-corrected chi connectivity index (χ4v) is 1.88. The van der Waals surface area contributed by atoms with Gasteiger partial charge in [0, 0.05) is 12.5 Å². The van der Waals surface area contributed by atoms with Crippen LogP contribution in [-0.4, -0.2) is 27.1 Å². The lowest BCUT2D eigenvalue weighted by Gasteiger charge is -2.09. The van der Waals surface area contributed by atoms with Crippen molar-refractivity contribution in [2.45, 2.75) is 45.1 Å². The summed E-state index contributed by atoms with van der Waals surface area (Å²) in [4.78, 5) is 15.8. The van der Waals surface area contributed by atoms with Crippen molar-refractivity contribution in [3.05, 3.63) is 11.6 Å². The van der Waals surface area contributed by atoms with Gasteiger partial charge in [-0.2, -0.15) is 0 Å². The van der Waals surface area contributed by atoms with Crippen LogP contribution >= 0.6 is 0 Å². The highest BCUT2D eigenvalue weighted by molar-refractivity contribution is 5.90. The maximum Gasteiger partial charge on any atom is 0.291 e. The molecule has 5 nitrogen and oxygen atoms in total. The molecule has 0 bridgehead atoms. The molecule has 1 heterocycles. The summed E-state index contributed by atoms with van der Waals surface area (Å²) in [5.41, 5.74) is 0. The molecule has 0 spiro atoms. The highest BCUT2D eigenvalue weighted by Crippen LogP contribution is 2.17. The number of amides is 1. The number of rotatable bonds is 3. The molecule has 1 aromatic heterocycles. The van der Waals surface area contributed by atoms with Crippen LogP contribution in [0.1, 0.15) is 49.1 Å². The minimum absolute atomic E-state index is 0.155. The highest BCUT2D eigenvalue weighted by atomic mass is 16.2. The number of hydrogen-bond donors (Lipinski definition) is 2. The molecule has 2 rings (SSSR count). The summed E-state index contributed by atoms with van der Waals surface area (Å²) < 4.78 is 0. The van der Waals surface area contributed by atoms with E-state index >= 15 is 0 Å². The van der Waals surface area contributed by atoms with Crippen molar-refractivity contribution in [1.29, 1.82) is 0 Å². The molecule has 0 saturated heterocycles. The van der Waals surface area contributed by atoms with Crippen LogP contribution in [0.3, 0.4) is 0 Å². The summed E-state index contributed by atoms with van der Waals surface area (Å²) in [6.45, 7) is 1.97. The minimum atomic E-state index is -0.155. The maximum absolute atomic E-state index is 11.7. The lowest BCUT2D eigenvalue weighted by molar-refractivity contribution is 0.0927. The normalized spacial score (nSPS) is 16.9. The minimum Gasteiger partial charge on any atom is -0.347 e. The Labute approximate surface area is 88.7 Å². The van der Waals surface area contributed by atoms with Crippen molar-refractivity contribution in [1.82, 2.24) is 20.5 Å². The third kappa shape index (κ3) is 2.34. The van der Waals surface area contributed by atoms with E-state index in [0.717, 1.165) is 25.1 Å². The third-order valence-electron chi connectivity index (χ3n) is 2.76. The molecule has 1 aliphatic carbocycles. The first-order valence-corrected chi connectivity index (χ1v) is 5.51. The average Bonchev–Trinajstić information content (AvgIpc) is 2.86. The number of nitrogens with one attached hydrogen (secondary N) is 2. The van der Waals surface area contributed by atoms with Crippen molar-refractivity contribution in [3.8, 4) is 0 Å². The Balaban J connectivity index is 1.94. The molecule has 0 atom stereocenters. The molecule has 1 aliphatic rings. The number of hydrogen-bond acceptors (Lipinski definition) is 3. The second kappa shape index (κ2) is 4.42. The van der Waals surface area contributed by atoms with Gasteiger partial charge < -0.3 is 5.32 Å². The predicted molar refractivity (Wildman–Crippen MR) is 55.5 cm³/mol. The SMILES string of the molecule is CCc1nc(C(=O)NC2CCCC2)n[nH]1. The molecule has 0 aliphatic heterocycles. The quantitative estimate of drug-likeness (QED) is 0.779. The van der Waals surface area contributed by atoms with Crippen LogP contribution in [0.15, 0.2) is 0 Å². The van der Waals surface area contributed by atoms with Gasteiger partial charge in [0.05, 0.1) is 0 Å². The van der Waals surface area contributed by atoms with E-state index < -0.39 is 0 Å². The van der Waals surface area contributed by atoms with Crippen LogP contribution in [0.4, 0.5) is 0 Å². The molecule has 1 fully saturated rings. The Bertz CT molecular complexity index is 341. The van der Waals surface area contributed by atoms with Crippen molar-refractivity contribution in [2.75, 3.05) is 0 Å². The van der Waals surface area contributed by atoms with Gasteiger partial charge in [-0.25, -0.2) is 4.98 Å². The van der Waals surface area contributed by atoms with Gasteiger partial charge in [-0.1, -0.05) is 19.8 Å². The van der Waals surface area contributed by atoms with E-state index in [-0.39, 0.29) is 11.7 Å². The van der Waals surface area contributed by atoms with Crippen LogP contribution in [0.25, 0.3) is 0 Å². The van der Waals surface area contributed by atoms with Gasteiger partial charge >= 0.3 is 0 Å². The Morgan fingerprint density at radius 2 is 2.27 bits per heavy atom. The average molecular weight is 208 g/mol. The lowest BCUT2D eigenvalue weighted by Crippen LogP contribution is -2.33. The van der Waals surface area contributed by atoms with E-state index in [1.165, 1.54) is 12.8 Å². The maximum atomic E-state index is 11.7. The van der Waals surface area contributed by atoms with Crippen LogP contribution < -0.4 is 5.32 Å². The molecule has 0 radical (unpaired) electrons. The van der Waals surface area contributed by atoms with Crippen molar-refractivity contribution in [3.63, 3.8) is 0 Å². The standard InChI is InChI=1S/C10H16N4O/c1-2-8-12-9(14-13-8)10(15)11-7-5-3-4-6-7/h7H,2-6H2,1H3,(H,11,15)(H,12,13,14). The summed E-state index contributed by atoms with van der Waals surface area (Å²) in [6.07, 6.45) is 5.34. The first kappa shape index (κ1) is 10.1. The topological polar surface area (TPSA) is 70.7 Å².